The highest BCUT2D eigenvalue weighted by Gasteiger charge is 2.35. The number of H-pyrrole nitrogens is 1. The molecule has 0 aliphatic heterocycles. The summed E-state index contributed by atoms with van der Waals surface area (Å²) in [6.07, 6.45) is -4.63. The van der Waals surface area contributed by atoms with Crippen LogP contribution in [0, 0.1) is 6.92 Å². The van der Waals surface area contributed by atoms with Gasteiger partial charge in [-0.1, -0.05) is 0 Å². The van der Waals surface area contributed by atoms with Crippen molar-refractivity contribution in [3.05, 3.63) is 45.1 Å². The summed E-state index contributed by atoms with van der Waals surface area (Å²) in [5, 5.41) is 9.72. The van der Waals surface area contributed by atoms with E-state index < -0.39 is 17.3 Å². The smallest absolute Gasteiger partial charge is 0.417 e. The Balaban J connectivity index is 2.16. The van der Waals surface area contributed by atoms with Gasteiger partial charge in [0.15, 0.2) is 0 Å². The summed E-state index contributed by atoms with van der Waals surface area (Å²) >= 11 is 2.27. The zero-order valence-corrected chi connectivity index (χ0v) is 14.2. The van der Waals surface area contributed by atoms with E-state index in [-0.39, 0.29) is 31.9 Å². The van der Waals surface area contributed by atoms with E-state index in [0.717, 1.165) is 28.3 Å². The van der Waals surface area contributed by atoms with Crippen LogP contribution in [-0.4, -0.2) is 15.1 Å². The monoisotopic (exact) mass is 382 g/mol. The molecule has 0 atom stereocenters. The van der Waals surface area contributed by atoms with Crippen molar-refractivity contribution in [2.75, 3.05) is 0 Å². The van der Waals surface area contributed by atoms with E-state index in [1.54, 1.807) is 6.07 Å². The van der Waals surface area contributed by atoms with Gasteiger partial charge in [-0.15, -0.1) is 22.7 Å². The molecule has 4 rings (SSSR count). The van der Waals surface area contributed by atoms with Crippen molar-refractivity contribution in [1.82, 2.24) is 9.97 Å². The number of pyridine rings is 2. The van der Waals surface area contributed by atoms with Gasteiger partial charge in [0.1, 0.15) is 10.6 Å². The van der Waals surface area contributed by atoms with Crippen LogP contribution >= 0.6 is 22.7 Å². The lowest BCUT2D eigenvalue weighted by Gasteiger charge is -2.10. The molecule has 0 aromatic carbocycles. The van der Waals surface area contributed by atoms with Gasteiger partial charge >= 0.3 is 6.18 Å². The van der Waals surface area contributed by atoms with Crippen molar-refractivity contribution in [3.8, 4) is 16.3 Å². The second-order valence-corrected chi connectivity index (χ2v) is 7.76. The van der Waals surface area contributed by atoms with Gasteiger partial charge in [0.25, 0.3) is 5.56 Å². The summed E-state index contributed by atoms with van der Waals surface area (Å²) < 4.78 is 41.1. The standard InChI is InChI=1S/C16H9F3N2O2S2/c1-6-2-3-10(24-6)8-4-7(16(17,18)19)12-13-14(25-15(12)20-8)9(22)5-11(23)21-13/h2-5H,1H3,(H2,21,22,23). The first-order valence-electron chi connectivity index (χ1n) is 7.07. The minimum Gasteiger partial charge on any atom is -0.506 e. The topological polar surface area (TPSA) is 66.0 Å². The average molecular weight is 382 g/mol. The molecule has 0 saturated carbocycles. The van der Waals surface area contributed by atoms with Crippen molar-refractivity contribution in [1.29, 1.82) is 0 Å². The fraction of sp³-hybridized carbons (Fsp3) is 0.125. The Labute approximate surface area is 146 Å². The minimum atomic E-state index is -4.63. The molecule has 128 valence electrons. The first kappa shape index (κ1) is 16.1. The predicted octanol–water partition coefficient (Wildman–Crippen LogP) is 4.90. The predicted molar refractivity (Wildman–Crippen MR) is 92.5 cm³/mol. The molecule has 4 heterocycles. The zero-order valence-electron chi connectivity index (χ0n) is 12.6. The number of thiophene rings is 2. The van der Waals surface area contributed by atoms with Crippen molar-refractivity contribution in [3.63, 3.8) is 0 Å². The van der Waals surface area contributed by atoms with Crippen LogP contribution in [0.3, 0.4) is 0 Å². The molecule has 0 radical (unpaired) electrons. The van der Waals surface area contributed by atoms with E-state index in [0.29, 0.717) is 4.88 Å². The van der Waals surface area contributed by atoms with E-state index in [2.05, 4.69) is 9.97 Å². The van der Waals surface area contributed by atoms with Crippen LogP contribution in [0.5, 0.6) is 5.75 Å². The highest BCUT2D eigenvalue weighted by molar-refractivity contribution is 7.25. The van der Waals surface area contributed by atoms with Crippen molar-refractivity contribution in [2.45, 2.75) is 13.1 Å². The maximum absolute atomic E-state index is 13.7. The molecule has 4 aromatic heterocycles. The zero-order chi connectivity index (χ0) is 17.9. The maximum Gasteiger partial charge on any atom is 0.417 e. The van der Waals surface area contributed by atoms with Crippen LogP contribution in [-0.2, 0) is 6.18 Å². The number of aromatic amines is 1. The Bertz CT molecular complexity index is 1190. The number of nitrogens with one attached hydrogen (secondary N) is 1. The van der Waals surface area contributed by atoms with Crippen LogP contribution < -0.4 is 5.56 Å². The maximum atomic E-state index is 13.7. The molecule has 2 N–H and O–H groups in total. The Kier molecular flexibility index (Phi) is 3.41. The van der Waals surface area contributed by atoms with Gasteiger partial charge in [0.2, 0.25) is 0 Å². The minimum absolute atomic E-state index is 0.0428. The number of aryl methyl sites for hydroxylation is 1. The molecule has 0 amide bonds. The Morgan fingerprint density at radius 1 is 1.20 bits per heavy atom. The van der Waals surface area contributed by atoms with Crippen LogP contribution in [0.1, 0.15) is 10.4 Å². The van der Waals surface area contributed by atoms with Gasteiger partial charge in [-0.2, -0.15) is 13.2 Å². The number of hydrogen-bond acceptors (Lipinski definition) is 5. The van der Waals surface area contributed by atoms with Gasteiger partial charge in [-0.3, -0.25) is 4.79 Å². The van der Waals surface area contributed by atoms with Gasteiger partial charge in [-0.25, -0.2) is 4.98 Å². The van der Waals surface area contributed by atoms with Crippen molar-refractivity contribution < 1.29 is 18.3 Å². The molecule has 0 aliphatic carbocycles. The van der Waals surface area contributed by atoms with Gasteiger partial charge in [0, 0.05) is 16.3 Å². The molecule has 0 unspecified atom stereocenters. The van der Waals surface area contributed by atoms with E-state index in [9.17, 15) is 23.1 Å². The number of nitrogens with zero attached hydrogens (tertiary/aromatic N) is 1. The summed E-state index contributed by atoms with van der Waals surface area (Å²) in [7, 11) is 0. The second kappa shape index (κ2) is 5.30. The Morgan fingerprint density at radius 2 is 1.96 bits per heavy atom. The molecule has 0 bridgehead atoms. The van der Waals surface area contributed by atoms with E-state index in [1.807, 2.05) is 13.0 Å². The number of rotatable bonds is 1. The molecule has 0 spiro atoms. The number of aromatic hydroxyl groups is 1. The normalized spacial score (nSPS) is 12.3. The number of halogens is 3. The summed E-state index contributed by atoms with van der Waals surface area (Å²) in [5.74, 6) is -0.358. The number of fused-ring (bicyclic) bond motifs is 3. The third-order valence-electron chi connectivity index (χ3n) is 3.71. The molecule has 0 aliphatic rings. The molecule has 4 nitrogen and oxygen atoms in total. The van der Waals surface area contributed by atoms with Crippen molar-refractivity contribution >= 4 is 43.1 Å². The average Bonchev–Trinajstić information content (AvgIpc) is 3.09. The molecular formula is C16H9F3N2O2S2. The molecule has 4 aromatic rings. The first-order chi connectivity index (χ1) is 11.7. The van der Waals surface area contributed by atoms with Crippen LogP contribution in [0.2, 0.25) is 0 Å². The Hall–Kier alpha value is -2.39. The lowest BCUT2D eigenvalue weighted by atomic mass is 10.1. The summed E-state index contributed by atoms with van der Waals surface area (Å²) in [6.45, 7) is 1.86. The van der Waals surface area contributed by atoms with Gasteiger partial charge < -0.3 is 10.1 Å². The third kappa shape index (κ3) is 2.59. The van der Waals surface area contributed by atoms with E-state index in [4.69, 9.17) is 0 Å². The van der Waals surface area contributed by atoms with Gasteiger partial charge in [-0.05, 0) is 25.1 Å². The molecular weight excluding hydrogens is 373 g/mol. The highest BCUT2D eigenvalue weighted by Crippen LogP contribution is 2.44. The summed E-state index contributed by atoms with van der Waals surface area (Å²) in [4.78, 5) is 20.0. The van der Waals surface area contributed by atoms with Crippen LogP contribution in [0.25, 0.3) is 31.0 Å². The second-order valence-electron chi connectivity index (χ2n) is 5.47. The van der Waals surface area contributed by atoms with Gasteiger partial charge in [0.05, 0.1) is 26.4 Å². The molecule has 25 heavy (non-hydrogen) atoms. The summed E-state index contributed by atoms with van der Waals surface area (Å²) in [5.41, 5.74) is -1.38. The fourth-order valence-corrected chi connectivity index (χ4v) is 4.57. The van der Waals surface area contributed by atoms with Crippen LogP contribution in [0.15, 0.2) is 29.1 Å². The Morgan fingerprint density at radius 3 is 2.60 bits per heavy atom. The number of alkyl halides is 3. The van der Waals surface area contributed by atoms with Crippen LogP contribution in [0.4, 0.5) is 13.2 Å². The number of aromatic nitrogens is 2. The van der Waals surface area contributed by atoms with Crippen molar-refractivity contribution in [2.24, 2.45) is 0 Å². The molecule has 0 fully saturated rings. The third-order valence-corrected chi connectivity index (χ3v) is 5.84. The molecule has 0 saturated heterocycles. The largest absolute Gasteiger partial charge is 0.506 e. The SMILES string of the molecule is Cc1ccc(-c2cc(C(F)(F)F)c3c(n2)sc2c(O)cc(=O)[nH]c23)s1. The lowest BCUT2D eigenvalue weighted by molar-refractivity contribution is -0.136. The summed E-state index contributed by atoms with van der Waals surface area (Å²) in [6, 6.07) is 5.46. The number of hydrogen-bond donors (Lipinski definition) is 2. The van der Waals surface area contributed by atoms with E-state index in [1.165, 1.54) is 11.3 Å². The first-order valence-corrected chi connectivity index (χ1v) is 8.71. The highest BCUT2D eigenvalue weighted by atomic mass is 32.1. The van der Waals surface area contributed by atoms with E-state index >= 15 is 0 Å². The molecule has 9 heteroatoms. The quantitative estimate of drug-likeness (QED) is 0.492. The lowest BCUT2D eigenvalue weighted by Crippen LogP contribution is -2.08. The fourth-order valence-electron chi connectivity index (χ4n) is 2.67.